The van der Waals surface area contributed by atoms with E-state index in [1.807, 2.05) is 48.5 Å². The van der Waals surface area contributed by atoms with E-state index in [2.05, 4.69) is 31.5 Å². The molecule has 8 heteroatoms. The number of amides is 1. The Balaban J connectivity index is 1.82. The minimum atomic E-state index is -0.323. The molecule has 0 radical (unpaired) electrons. The molecule has 0 aliphatic carbocycles. The van der Waals surface area contributed by atoms with Gasteiger partial charge >= 0.3 is 5.97 Å². The fourth-order valence-corrected chi connectivity index (χ4v) is 3.87. The molecule has 2 aromatic carbocycles. The van der Waals surface area contributed by atoms with E-state index in [4.69, 9.17) is 9.47 Å². The Morgan fingerprint density at radius 2 is 1.90 bits per heavy atom. The van der Waals surface area contributed by atoms with Crippen LogP contribution in [0.1, 0.15) is 24.1 Å². The maximum Gasteiger partial charge on any atom is 0.319 e. The van der Waals surface area contributed by atoms with E-state index in [-0.39, 0.29) is 24.5 Å². The zero-order valence-electron chi connectivity index (χ0n) is 17.6. The summed E-state index contributed by atoms with van der Waals surface area (Å²) in [4.78, 5) is 26.8. The summed E-state index contributed by atoms with van der Waals surface area (Å²) >= 11 is 3.53. The standard InChI is InChI=1S/C23H28BrN3O4/c1-2-31-22(29)15-25-23(17-6-4-3-5-7-17)19-14-18(24)8-9-20(19)26-21(28)16-27-10-12-30-13-11-27/h3-9,14,23,25H,2,10-13,15-16H2,1H3,(H,26,28)/t23-/m0/s1. The molecule has 2 aromatic rings. The third-order valence-corrected chi connectivity index (χ3v) is 5.45. The lowest BCUT2D eigenvalue weighted by molar-refractivity contribution is -0.142. The molecule has 1 fully saturated rings. The molecular weight excluding hydrogens is 462 g/mol. The highest BCUT2D eigenvalue weighted by Gasteiger charge is 2.21. The zero-order chi connectivity index (χ0) is 22.1. The highest BCUT2D eigenvalue weighted by molar-refractivity contribution is 9.10. The number of ether oxygens (including phenoxy) is 2. The molecule has 1 atom stereocenters. The Kier molecular flexibility index (Phi) is 9.02. The predicted octanol–water partition coefficient (Wildman–Crippen LogP) is 2.96. The third kappa shape index (κ3) is 7.14. The van der Waals surface area contributed by atoms with Crippen molar-refractivity contribution in [1.82, 2.24) is 10.2 Å². The molecule has 1 amide bonds. The summed E-state index contributed by atoms with van der Waals surface area (Å²) in [6, 6.07) is 15.2. The minimum Gasteiger partial charge on any atom is -0.465 e. The average molecular weight is 490 g/mol. The summed E-state index contributed by atoms with van der Waals surface area (Å²) in [5, 5.41) is 6.34. The van der Waals surface area contributed by atoms with Gasteiger partial charge in [0.1, 0.15) is 0 Å². The Morgan fingerprint density at radius 3 is 2.61 bits per heavy atom. The van der Waals surface area contributed by atoms with Gasteiger partial charge < -0.3 is 14.8 Å². The van der Waals surface area contributed by atoms with Crippen LogP contribution in [0.2, 0.25) is 0 Å². The summed E-state index contributed by atoms with van der Waals surface area (Å²) in [5.41, 5.74) is 2.54. The maximum atomic E-state index is 12.7. The number of nitrogens with one attached hydrogen (secondary N) is 2. The first-order valence-electron chi connectivity index (χ1n) is 10.4. The molecule has 3 rings (SSSR count). The van der Waals surface area contributed by atoms with Crippen molar-refractivity contribution >= 4 is 33.5 Å². The van der Waals surface area contributed by atoms with Gasteiger partial charge in [-0.1, -0.05) is 46.3 Å². The second-order valence-corrected chi connectivity index (χ2v) is 8.11. The summed E-state index contributed by atoms with van der Waals surface area (Å²) in [7, 11) is 0. The second kappa shape index (κ2) is 12.0. The van der Waals surface area contributed by atoms with Gasteiger partial charge in [0.2, 0.25) is 5.91 Å². The van der Waals surface area contributed by atoms with Gasteiger partial charge in [-0.3, -0.25) is 19.8 Å². The quantitative estimate of drug-likeness (QED) is 0.527. The number of halogens is 1. The molecule has 2 N–H and O–H groups in total. The Bertz CT molecular complexity index is 872. The van der Waals surface area contributed by atoms with Crippen LogP contribution in [0.25, 0.3) is 0 Å². The molecule has 1 aliphatic heterocycles. The zero-order valence-corrected chi connectivity index (χ0v) is 19.2. The number of hydrogen-bond donors (Lipinski definition) is 2. The number of esters is 1. The SMILES string of the molecule is CCOC(=O)CN[C@@H](c1ccccc1)c1cc(Br)ccc1NC(=O)CN1CCOCC1. The van der Waals surface area contributed by atoms with Crippen molar-refractivity contribution in [2.75, 3.05) is 51.3 Å². The summed E-state index contributed by atoms with van der Waals surface area (Å²) < 4.78 is 11.3. The fourth-order valence-electron chi connectivity index (χ4n) is 3.49. The van der Waals surface area contributed by atoms with E-state index in [9.17, 15) is 9.59 Å². The smallest absolute Gasteiger partial charge is 0.319 e. The molecule has 0 aromatic heterocycles. The average Bonchev–Trinajstić information content (AvgIpc) is 2.77. The van der Waals surface area contributed by atoms with Crippen LogP contribution in [-0.2, 0) is 19.1 Å². The van der Waals surface area contributed by atoms with Crippen LogP contribution >= 0.6 is 15.9 Å². The largest absolute Gasteiger partial charge is 0.465 e. The molecule has 0 bridgehead atoms. The molecule has 0 unspecified atom stereocenters. The molecule has 0 spiro atoms. The third-order valence-electron chi connectivity index (χ3n) is 4.96. The van der Waals surface area contributed by atoms with Gasteiger partial charge in [-0.05, 0) is 36.2 Å². The van der Waals surface area contributed by atoms with Crippen LogP contribution in [0.5, 0.6) is 0 Å². The van der Waals surface area contributed by atoms with Gasteiger partial charge in [0.05, 0.1) is 39.0 Å². The van der Waals surface area contributed by atoms with Crippen LogP contribution in [0.3, 0.4) is 0 Å². The summed E-state index contributed by atoms with van der Waals surface area (Å²) in [6.45, 7) is 5.25. The lowest BCUT2D eigenvalue weighted by atomic mass is 9.97. The van der Waals surface area contributed by atoms with Crippen molar-refractivity contribution in [3.63, 3.8) is 0 Å². The first kappa shape index (κ1) is 23.4. The van der Waals surface area contributed by atoms with E-state index in [1.165, 1.54) is 0 Å². The summed E-state index contributed by atoms with van der Waals surface area (Å²) in [5.74, 6) is -0.404. The van der Waals surface area contributed by atoms with E-state index >= 15 is 0 Å². The van der Waals surface area contributed by atoms with Crippen LogP contribution < -0.4 is 10.6 Å². The molecule has 7 nitrogen and oxygen atoms in total. The first-order valence-corrected chi connectivity index (χ1v) is 11.2. The lowest BCUT2D eigenvalue weighted by Gasteiger charge is -2.27. The molecule has 1 heterocycles. The van der Waals surface area contributed by atoms with Crippen molar-refractivity contribution < 1.29 is 19.1 Å². The Labute approximate surface area is 191 Å². The molecule has 166 valence electrons. The van der Waals surface area contributed by atoms with Gasteiger partial charge in [0, 0.05) is 23.2 Å². The van der Waals surface area contributed by atoms with Gasteiger partial charge in [-0.25, -0.2) is 0 Å². The number of anilines is 1. The fraction of sp³-hybridized carbons (Fsp3) is 0.391. The van der Waals surface area contributed by atoms with Gasteiger partial charge in [-0.15, -0.1) is 0 Å². The van der Waals surface area contributed by atoms with Crippen LogP contribution in [0.15, 0.2) is 53.0 Å². The van der Waals surface area contributed by atoms with Crippen molar-refractivity contribution in [1.29, 1.82) is 0 Å². The number of hydrogen-bond acceptors (Lipinski definition) is 6. The topological polar surface area (TPSA) is 79.9 Å². The number of benzene rings is 2. The van der Waals surface area contributed by atoms with Crippen LogP contribution in [-0.4, -0.2) is 62.8 Å². The van der Waals surface area contributed by atoms with Crippen molar-refractivity contribution in [3.8, 4) is 0 Å². The maximum absolute atomic E-state index is 12.7. The molecule has 1 aliphatic rings. The lowest BCUT2D eigenvalue weighted by Crippen LogP contribution is -2.41. The predicted molar refractivity (Wildman–Crippen MR) is 123 cm³/mol. The summed E-state index contributed by atoms with van der Waals surface area (Å²) in [6.07, 6.45) is 0. The number of carbonyl (C=O) groups excluding carboxylic acids is 2. The first-order chi connectivity index (χ1) is 15.1. The number of morpholine rings is 1. The number of carbonyl (C=O) groups is 2. The van der Waals surface area contributed by atoms with E-state index in [0.29, 0.717) is 32.1 Å². The normalized spacial score (nSPS) is 15.3. The minimum absolute atomic E-state index is 0.0566. The van der Waals surface area contributed by atoms with Crippen molar-refractivity contribution in [3.05, 3.63) is 64.1 Å². The highest BCUT2D eigenvalue weighted by Crippen LogP contribution is 2.31. The monoisotopic (exact) mass is 489 g/mol. The molecule has 1 saturated heterocycles. The highest BCUT2D eigenvalue weighted by atomic mass is 79.9. The molecule has 0 saturated carbocycles. The van der Waals surface area contributed by atoms with E-state index in [1.54, 1.807) is 6.92 Å². The van der Waals surface area contributed by atoms with Crippen molar-refractivity contribution in [2.45, 2.75) is 13.0 Å². The van der Waals surface area contributed by atoms with Crippen LogP contribution in [0, 0.1) is 0 Å². The van der Waals surface area contributed by atoms with E-state index in [0.717, 1.165) is 28.7 Å². The molecule has 31 heavy (non-hydrogen) atoms. The van der Waals surface area contributed by atoms with Crippen LogP contribution in [0.4, 0.5) is 5.69 Å². The number of rotatable bonds is 9. The Hall–Kier alpha value is -2.26. The Morgan fingerprint density at radius 1 is 1.16 bits per heavy atom. The van der Waals surface area contributed by atoms with Gasteiger partial charge in [0.25, 0.3) is 0 Å². The second-order valence-electron chi connectivity index (χ2n) is 7.20. The van der Waals surface area contributed by atoms with Gasteiger partial charge in [0.15, 0.2) is 0 Å². The van der Waals surface area contributed by atoms with E-state index < -0.39 is 0 Å². The molecular formula is C23H28BrN3O4. The van der Waals surface area contributed by atoms with Crippen molar-refractivity contribution in [2.24, 2.45) is 0 Å². The van der Waals surface area contributed by atoms with Gasteiger partial charge in [-0.2, -0.15) is 0 Å². The number of nitrogens with zero attached hydrogens (tertiary/aromatic N) is 1.